The van der Waals surface area contributed by atoms with Gasteiger partial charge < -0.3 is 24.6 Å². The summed E-state index contributed by atoms with van der Waals surface area (Å²) in [6.07, 6.45) is -1.03. The highest BCUT2D eigenvalue weighted by atomic mass is 35.6. The van der Waals surface area contributed by atoms with Crippen LogP contribution in [0.25, 0.3) is 0 Å². The number of hydrogen-bond acceptors (Lipinski definition) is 5. The molecule has 1 aromatic carbocycles. The molecule has 2 N–H and O–H groups in total. The molecule has 0 fully saturated rings. The molecule has 120 valence electrons. The van der Waals surface area contributed by atoms with E-state index in [0.29, 0.717) is 11.5 Å². The van der Waals surface area contributed by atoms with Crippen molar-refractivity contribution in [3.8, 4) is 11.5 Å². The Balaban J connectivity index is 2.07. The average molecular weight is 371 g/mol. The molecule has 1 amide bonds. The normalized spacial score (nSPS) is 14.3. The van der Waals surface area contributed by atoms with Crippen LogP contribution in [0.3, 0.4) is 0 Å². The minimum atomic E-state index is -1.78. The number of halogens is 3. The van der Waals surface area contributed by atoms with Crippen LogP contribution in [0.5, 0.6) is 11.5 Å². The van der Waals surface area contributed by atoms with E-state index in [-0.39, 0.29) is 12.4 Å². The molecule has 0 saturated carbocycles. The molecule has 0 radical (unpaired) electrons. The number of nitrogens with one attached hydrogen (secondary N) is 1. The zero-order valence-electron chi connectivity index (χ0n) is 10.8. The highest BCUT2D eigenvalue weighted by molar-refractivity contribution is 6.67. The van der Waals surface area contributed by atoms with E-state index in [1.54, 1.807) is 6.07 Å². The van der Waals surface area contributed by atoms with Gasteiger partial charge in [0.1, 0.15) is 6.61 Å². The highest BCUT2D eigenvalue weighted by Crippen LogP contribution is 2.34. The van der Waals surface area contributed by atoms with Gasteiger partial charge in [-0.05, 0) is 17.7 Å². The van der Waals surface area contributed by atoms with Gasteiger partial charge >= 0.3 is 12.1 Å². The quantitative estimate of drug-likeness (QED) is 0.791. The molecule has 1 atom stereocenters. The number of benzene rings is 1. The number of ether oxygens (including phenoxy) is 3. The first kappa shape index (κ1) is 16.8. The number of rotatable bonds is 4. The van der Waals surface area contributed by atoms with Crippen LogP contribution < -0.4 is 14.8 Å². The van der Waals surface area contributed by atoms with Crippen LogP contribution in [0, 0.1) is 0 Å². The fourth-order valence-electron chi connectivity index (χ4n) is 1.69. The van der Waals surface area contributed by atoms with E-state index in [1.807, 2.05) is 0 Å². The molecule has 22 heavy (non-hydrogen) atoms. The van der Waals surface area contributed by atoms with Crippen LogP contribution in [-0.4, -0.2) is 34.4 Å². The van der Waals surface area contributed by atoms with Gasteiger partial charge in [-0.1, -0.05) is 40.9 Å². The topological polar surface area (TPSA) is 94.1 Å². The molecule has 0 spiro atoms. The number of carboxylic acids is 1. The lowest BCUT2D eigenvalue weighted by Crippen LogP contribution is -2.35. The molecular weight excluding hydrogens is 360 g/mol. The maximum Gasteiger partial charge on any atom is 0.408 e. The van der Waals surface area contributed by atoms with Crippen molar-refractivity contribution in [1.82, 2.24) is 5.32 Å². The summed E-state index contributed by atoms with van der Waals surface area (Å²) in [5.74, 6) is -0.406. The summed E-state index contributed by atoms with van der Waals surface area (Å²) in [7, 11) is 0. The standard InChI is InChI=1S/C12H10Cl3NO6/c13-12(14,15)4-20-11(19)16-9(10(17)18)6-1-2-7-8(3-6)22-5-21-7/h1-3,9H,4-5H2,(H,16,19)(H,17,18)/t9-/m1/s1. The Bertz CT molecular complexity index is 589. The average Bonchev–Trinajstić information content (AvgIpc) is 2.88. The predicted octanol–water partition coefficient (Wildman–Crippen LogP) is 2.64. The molecule has 1 aliphatic rings. The zero-order chi connectivity index (χ0) is 16.3. The number of amides is 1. The monoisotopic (exact) mass is 369 g/mol. The van der Waals surface area contributed by atoms with E-state index >= 15 is 0 Å². The Hall–Kier alpha value is -1.57. The summed E-state index contributed by atoms with van der Waals surface area (Å²) in [6.45, 7) is -0.466. The molecule has 0 bridgehead atoms. The first-order valence-corrected chi connectivity index (χ1v) is 7.02. The van der Waals surface area contributed by atoms with E-state index < -0.39 is 28.5 Å². The third-order valence-corrected chi connectivity index (χ3v) is 2.93. The van der Waals surface area contributed by atoms with Crippen molar-refractivity contribution in [3.63, 3.8) is 0 Å². The number of aliphatic carboxylic acids is 1. The zero-order valence-corrected chi connectivity index (χ0v) is 13.1. The Morgan fingerprint density at radius 1 is 1.32 bits per heavy atom. The lowest BCUT2D eigenvalue weighted by atomic mass is 10.1. The molecule has 7 nitrogen and oxygen atoms in total. The van der Waals surface area contributed by atoms with Crippen LogP contribution >= 0.6 is 34.8 Å². The van der Waals surface area contributed by atoms with Crippen LogP contribution in [0.1, 0.15) is 11.6 Å². The molecule has 1 aliphatic heterocycles. The molecule has 2 rings (SSSR count). The van der Waals surface area contributed by atoms with Crippen molar-refractivity contribution in [2.45, 2.75) is 9.83 Å². The maximum absolute atomic E-state index is 11.6. The van der Waals surface area contributed by atoms with Crippen molar-refractivity contribution in [1.29, 1.82) is 0 Å². The van der Waals surface area contributed by atoms with Crippen molar-refractivity contribution < 1.29 is 28.9 Å². The number of hydrogen-bond donors (Lipinski definition) is 2. The molecule has 1 heterocycles. The smallest absolute Gasteiger partial charge is 0.408 e. The van der Waals surface area contributed by atoms with Gasteiger partial charge in [0.25, 0.3) is 0 Å². The van der Waals surface area contributed by atoms with Crippen LogP contribution in [0.15, 0.2) is 18.2 Å². The van der Waals surface area contributed by atoms with Gasteiger partial charge in [-0.2, -0.15) is 0 Å². The molecule has 0 aromatic heterocycles. The van der Waals surface area contributed by atoms with Crippen LogP contribution in [0.2, 0.25) is 0 Å². The van der Waals surface area contributed by atoms with E-state index in [4.69, 9.17) is 44.3 Å². The summed E-state index contributed by atoms with van der Waals surface area (Å²) < 4.78 is 13.1. The molecule has 10 heteroatoms. The number of carboxylic acid groups (broad SMARTS) is 1. The van der Waals surface area contributed by atoms with Crippen LogP contribution in [0.4, 0.5) is 4.79 Å². The van der Waals surface area contributed by atoms with E-state index in [2.05, 4.69) is 10.1 Å². The second-order valence-corrected chi connectivity index (χ2v) is 6.74. The Kier molecular flexibility index (Phi) is 5.10. The number of carbonyl (C=O) groups excluding carboxylic acids is 1. The summed E-state index contributed by atoms with van der Waals surface area (Å²) in [4.78, 5) is 22.9. The van der Waals surface area contributed by atoms with Gasteiger partial charge in [-0.25, -0.2) is 9.59 Å². The Morgan fingerprint density at radius 2 is 2.00 bits per heavy atom. The number of alkyl carbamates (subject to hydrolysis) is 1. The lowest BCUT2D eigenvalue weighted by Gasteiger charge is -2.17. The third kappa shape index (κ3) is 4.46. The first-order valence-electron chi connectivity index (χ1n) is 5.88. The van der Waals surface area contributed by atoms with Gasteiger partial charge in [0, 0.05) is 0 Å². The van der Waals surface area contributed by atoms with Crippen molar-refractivity contribution in [3.05, 3.63) is 23.8 Å². The summed E-state index contributed by atoms with van der Waals surface area (Å²) >= 11 is 16.3. The van der Waals surface area contributed by atoms with Crippen molar-refractivity contribution in [2.75, 3.05) is 13.4 Å². The highest BCUT2D eigenvalue weighted by Gasteiger charge is 2.27. The Labute approximate surface area is 140 Å². The van der Waals surface area contributed by atoms with Gasteiger partial charge in [0.05, 0.1) is 0 Å². The summed E-state index contributed by atoms with van der Waals surface area (Å²) in [6, 6.07) is 3.14. The third-order valence-electron chi connectivity index (χ3n) is 2.61. The second kappa shape index (κ2) is 6.68. The van der Waals surface area contributed by atoms with Gasteiger partial charge in [-0.15, -0.1) is 0 Å². The predicted molar refractivity (Wildman–Crippen MR) is 77.7 cm³/mol. The van der Waals surface area contributed by atoms with Crippen LogP contribution in [-0.2, 0) is 9.53 Å². The van der Waals surface area contributed by atoms with E-state index in [0.717, 1.165) is 0 Å². The number of fused-ring (bicyclic) bond motifs is 1. The van der Waals surface area contributed by atoms with E-state index in [9.17, 15) is 14.7 Å². The lowest BCUT2D eigenvalue weighted by molar-refractivity contribution is -0.139. The molecular formula is C12H10Cl3NO6. The second-order valence-electron chi connectivity index (χ2n) is 4.22. The fraction of sp³-hybridized carbons (Fsp3) is 0.333. The molecule has 0 aliphatic carbocycles. The number of alkyl halides is 3. The van der Waals surface area contributed by atoms with E-state index in [1.165, 1.54) is 12.1 Å². The van der Waals surface area contributed by atoms with Crippen molar-refractivity contribution in [2.24, 2.45) is 0 Å². The Morgan fingerprint density at radius 3 is 2.64 bits per heavy atom. The first-order chi connectivity index (χ1) is 10.3. The fourth-order valence-corrected chi connectivity index (χ4v) is 1.85. The largest absolute Gasteiger partial charge is 0.479 e. The minimum absolute atomic E-state index is 0.0508. The maximum atomic E-state index is 11.6. The number of carbonyl (C=O) groups is 2. The van der Waals surface area contributed by atoms with Gasteiger partial charge in [-0.3, -0.25) is 0 Å². The minimum Gasteiger partial charge on any atom is -0.479 e. The SMILES string of the molecule is O=C(N[C@@H](C(=O)O)c1ccc2c(c1)OCO2)OCC(Cl)(Cl)Cl. The van der Waals surface area contributed by atoms with Gasteiger partial charge in [0.2, 0.25) is 10.6 Å². The molecule has 0 saturated heterocycles. The van der Waals surface area contributed by atoms with Crippen molar-refractivity contribution >= 4 is 46.9 Å². The molecule has 0 unspecified atom stereocenters. The summed E-state index contributed by atoms with van der Waals surface area (Å²) in [5.41, 5.74) is 0.280. The van der Waals surface area contributed by atoms with Gasteiger partial charge in [0.15, 0.2) is 17.5 Å². The molecule has 1 aromatic rings. The summed E-state index contributed by atoms with van der Waals surface area (Å²) in [5, 5.41) is 11.4.